The van der Waals surface area contributed by atoms with Crippen LogP contribution in [-0.2, 0) is 0 Å². The molecule has 0 unspecified atom stereocenters. The maximum atomic E-state index is 13.7. The lowest BCUT2D eigenvalue weighted by atomic mass is 9.96. The molecule has 0 saturated heterocycles. The normalized spacial score (nSPS) is 12.8. The van der Waals surface area contributed by atoms with Crippen LogP contribution in [-0.4, -0.2) is 49.6 Å². The van der Waals surface area contributed by atoms with E-state index in [1.807, 2.05) is 13.8 Å². The number of hydrogen-bond acceptors (Lipinski definition) is 9. The van der Waals surface area contributed by atoms with Crippen molar-refractivity contribution in [1.29, 1.82) is 0 Å². The van der Waals surface area contributed by atoms with Crippen molar-refractivity contribution >= 4 is 28.7 Å². The van der Waals surface area contributed by atoms with E-state index in [0.29, 0.717) is 25.9 Å². The van der Waals surface area contributed by atoms with Gasteiger partial charge >= 0.3 is 0 Å². The first-order chi connectivity index (χ1) is 16.7. The highest BCUT2D eigenvalue weighted by Gasteiger charge is 2.40. The first-order valence-electron chi connectivity index (χ1n) is 11.0. The van der Waals surface area contributed by atoms with Crippen molar-refractivity contribution in [1.82, 2.24) is 4.90 Å². The first kappa shape index (κ1) is 25.2. The molecule has 0 heterocycles. The lowest BCUT2D eigenvalue weighted by molar-refractivity contribution is -0.393. The number of benzene rings is 2. The van der Waals surface area contributed by atoms with E-state index in [1.165, 1.54) is 4.90 Å². The van der Waals surface area contributed by atoms with Crippen LogP contribution in [0.2, 0.25) is 0 Å². The highest BCUT2D eigenvalue weighted by atomic mass is 16.6. The van der Waals surface area contributed by atoms with Crippen molar-refractivity contribution in [3.63, 3.8) is 0 Å². The van der Waals surface area contributed by atoms with E-state index in [4.69, 9.17) is 0 Å². The number of carbonyl (C=O) groups excluding carboxylic acids is 1. The van der Waals surface area contributed by atoms with Crippen molar-refractivity contribution in [2.45, 2.75) is 39.5 Å². The van der Waals surface area contributed by atoms with E-state index in [-0.39, 0.29) is 33.5 Å². The third kappa shape index (κ3) is 4.65. The smallest absolute Gasteiger partial charge is 0.284 e. The maximum Gasteiger partial charge on any atom is 0.284 e. The summed E-state index contributed by atoms with van der Waals surface area (Å²) in [6.45, 7) is 4.65. The van der Waals surface area contributed by atoms with Crippen LogP contribution in [0.1, 0.15) is 61.0 Å². The number of nitrogens with zero attached hydrogens (tertiary/aromatic N) is 5. The monoisotopic (exact) mass is 485 g/mol. The summed E-state index contributed by atoms with van der Waals surface area (Å²) in [7, 11) is 0. The van der Waals surface area contributed by atoms with Crippen LogP contribution in [0, 0.1) is 30.3 Å². The van der Waals surface area contributed by atoms with Gasteiger partial charge in [0, 0.05) is 48.0 Å². The molecule has 0 spiro atoms. The number of amides is 1. The topological polar surface area (TPSA) is 182 Å². The van der Waals surface area contributed by atoms with Gasteiger partial charge in [-0.15, -0.1) is 0 Å². The van der Waals surface area contributed by atoms with E-state index < -0.39 is 37.7 Å². The Morgan fingerprint density at radius 1 is 0.857 bits per heavy atom. The lowest BCUT2D eigenvalue weighted by Crippen LogP contribution is -2.33. The van der Waals surface area contributed by atoms with Crippen molar-refractivity contribution in [3.05, 3.63) is 71.3 Å². The number of unbranched alkanes of at least 4 members (excludes halogenated alkanes) is 2. The van der Waals surface area contributed by atoms with Gasteiger partial charge in [0.1, 0.15) is 5.71 Å². The average molecular weight is 485 g/mol. The van der Waals surface area contributed by atoms with Crippen molar-refractivity contribution < 1.29 is 24.8 Å². The predicted octanol–water partition coefficient (Wildman–Crippen LogP) is 4.66. The number of carbonyl (C=O) groups is 1. The minimum Gasteiger partial charge on any atom is -0.410 e. The average Bonchev–Trinajstić information content (AvgIpc) is 3.15. The van der Waals surface area contributed by atoms with Crippen molar-refractivity contribution in [2.24, 2.45) is 5.16 Å². The molecule has 3 rings (SSSR count). The van der Waals surface area contributed by atoms with Gasteiger partial charge in [-0.05, 0) is 12.8 Å². The van der Waals surface area contributed by atoms with Gasteiger partial charge in [-0.1, -0.05) is 31.8 Å². The van der Waals surface area contributed by atoms with Gasteiger partial charge in [-0.3, -0.25) is 35.1 Å². The molecular formula is C22H23N5O8. The number of oxime groups is 1. The Hall–Kier alpha value is -4.42. The zero-order chi connectivity index (χ0) is 25.9. The third-order valence-electron chi connectivity index (χ3n) is 5.78. The molecule has 0 bridgehead atoms. The van der Waals surface area contributed by atoms with Gasteiger partial charge in [0.15, 0.2) is 0 Å². The van der Waals surface area contributed by atoms with Crippen LogP contribution >= 0.6 is 0 Å². The van der Waals surface area contributed by atoms with E-state index in [1.54, 1.807) is 0 Å². The number of nitro groups is 3. The molecule has 2 aromatic rings. The summed E-state index contributed by atoms with van der Waals surface area (Å²) in [5, 5.41) is 47.8. The van der Waals surface area contributed by atoms with E-state index in [2.05, 4.69) is 5.16 Å². The standard InChI is InChI=1S/C22H23N5O8/c1-3-5-7-24(8-6-4-2)22(28)17-11-13(25(30)31)9-15-19(17)20-16(21(15)23-29)10-14(26(32)33)12-18(20)27(34)35/h9-12,29H,3-8H2,1-2H3. The molecule has 2 aromatic carbocycles. The van der Waals surface area contributed by atoms with Gasteiger partial charge in [0.2, 0.25) is 0 Å². The second-order valence-electron chi connectivity index (χ2n) is 8.02. The van der Waals surface area contributed by atoms with Gasteiger partial charge in [-0.25, -0.2) is 0 Å². The zero-order valence-electron chi connectivity index (χ0n) is 19.1. The highest BCUT2D eigenvalue weighted by molar-refractivity contribution is 6.28. The molecule has 1 aliphatic rings. The second-order valence-corrected chi connectivity index (χ2v) is 8.02. The quantitative estimate of drug-likeness (QED) is 0.244. The molecule has 13 heteroatoms. The summed E-state index contributed by atoms with van der Waals surface area (Å²) in [5.74, 6) is -0.565. The summed E-state index contributed by atoms with van der Waals surface area (Å²) >= 11 is 0. The van der Waals surface area contributed by atoms with Crippen LogP contribution in [0.3, 0.4) is 0 Å². The minimum atomic E-state index is -0.836. The van der Waals surface area contributed by atoms with Gasteiger partial charge < -0.3 is 10.1 Å². The fourth-order valence-electron chi connectivity index (χ4n) is 4.10. The predicted molar refractivity (Wildman–Crippen MR) is 125 cm³/mol. The second kappa shape index (κ2) is 10.2. The summed E-state index contributed by atoms with van der Waals surface area (Å²) < 4.78 is 0. The highest BCUT2D eigenvalue weighted by Crippen LogP contribution is 2.48. The molecule has 1 amide bonds. The molecule has 13 nitrogen and oxygen atoms in total. The first-order valence-corrected chi connectivity index (χ1v) is 11.0. The Kier molecular flexibility index (Phi) is 7.37. The fourth-order valence-corrected chi connectivity index (χ4v) is 4.10. The third-order valence-corrected chi connectivity index (χ3v) is 5.78. The number of fused-ring (bicyclic) bond motifs is 3. The Bertz CT molecular complexity index is 1250. The molecule has 0 atom stereocenters. The Balaban J connectivity index is 2.37. The van der Waals surface area contributed by atoms with Gasteiger partial charge in [0.25, 0.3) is 23.0 Å². The minimum absolute atomic E-state index is 0.0250. The largest absolute Gasteiger partial charge is 0.410 e. The Morgan fingerprint density at radius 3 is 1.83 bits per heavy atom. The van der Waals surface area contributed by atoms with Gasteiger partial charge in [-0.2, -0.15) is 0 Å². The summed E-state index contributed by atoms with van der Waals surface area (Å²) in [6, 6.07) is 3.83. The Labute approximate surface area is 199 Å². The number of nitro benzene ring substituents is 3. The van der Waals surface area contributed by atoms with E-state index in [9.17, 15) is 40.3 Å². The molecule has 0 fully saturated rings. The molecule has 1 aliphatic carbocycles. The summed E-state index contributed by atoms with van der Waals surface area (Å²) in [6.07, 6.45) is 2.95. The number of non-ortho nitro benzene ring substituents is 2. The van der Waals surface area contributed by atoms with Crippen LogP contribution in [0.5, 0.6) is 0 Å². The van der Waals surface area contributed by atoms with Crippen LogP contribution in [0.4, 0.5) is 17.1 Å². The molecule has 184 valence electrons. The van der Waals surface area contributed by atoms with Crippen LogP contribution < -0.4 is 0 Å². The van der Waals surface area contributed by atoms with E-state index >= 15 is 0 Å². The lowest BCUT2D eigenvalue weighted by Gasteiger charge is -2.23. The maximum absolute atomic E-state index is 13.7. The zero-order valence-corrected chi connectivity index (χ0v) is 19.1. The van der Waals surface area contributed by atoms with Gasteiger partial charge in [0.05, 0.1) is 32.0 Å². The van der Waals surface area contributed by atoms with Crippen molar-refractivity contribution in [3.8, 4) is 11.1 Å². The SMILES string of the molecule is CCCCN(CCCC)C(=O)c1cc([N+](=O)[O-])cc2c1-c1c(cc([N+](=O)[O-])cc1[N+](=O)[O-])C2=NO. The van der Waals surface area contributed by atoms with Crippen molar-refractivity contribution in [2.75, 3.05) is 13.1 Å². The summed E-state index contributed by atoms with van der Waals surface area (Å²) in [4.78, 5) is 47.7. The molecular weight excluding hydrogens is 462 g/mol. The molecule has 0 aliphatic heterocycles. The Morgan fingerprint density at radius 2 is 1.37 bits per heavy atom. The molecule has 0 aromatic heterocycles. The molecule has 35 heavy (non-hydrogen) atoms. The fraction of sp³-hybridized carbons (Fsp3) is 0.364. The van der Waals surface area contributed by atoms with E-state index in [0.717, 1.165) is 37.1 Å². The molecule has 0 radical (unpaired) electrons. The number of hydrogen-bond donors (Lipinski definition) is 1. The number of rotatable bonds is 10. The molecule has 1 N–H and O–H groups in total. The van der Waals surface area contributed by atoms with Crippen LogP contribution in [0.25, 0.3) is 11.1 Å². The molecule has 0 saturated carbocycles. The summed E-state index contributed by atoms with van der Waals surface area (Å²) in [5.41, 5.74) is -2.71. The van der Waals surface area contributed by atoms with Crippen LogP contribution in [0.15, 0.2) is 29.4 Å².